The number of benzene rings is 1. The quantitative estimate of drug-likeness (QED) is 0.224. The summed E-state index contributed by atoms with van der Waals surface area (Å²) in [7, 11) is 3.32. The molecule has 0 saturated carbocycles. The number of unbranched alkanes of at least 4 members (excludes halogenated alkanes) is 1. The molecule has 3 aliphatic rings. The second-order valence-electron chi connectivity index (χ2n) is 10.1. The fourth-order valence-corrected chi connectivity index (χ4v) is 9.83. The average Bonchev–Trinajstić information content (AvgIpc) is 3.50. The molecule has 0 radical (unpaired) electrons. The van der Waals surface area contributed by atoms with Crippen molar-refractivity contribution in [3.05, 3.63) is 49.6 Å². The number of rotatable bonds is 12. The summed E-state index contributed by atoms with van der Waals surface area (Å²) in [6.45, 7) is 8.63. The number of ether oxygens (including phenoxy) is 1. The molecule has 4 rings (SSSR count). The second-order valence-corrected chi connectivity index (χ2v) is 12.8. The van der Waals surface area contributed by atoms with Crippen molar-refractivity contribution in [2.75, 3.05) is 45.3 Å². The summed E-state index contributed by atoms with van der Waals surface area (Å²) in [4.78, 5) is 47.2. The zero-order valence-corrected chi connectivity index (χ0v) is 24.3. The minimum Gasteiger partial charge on any atom is -0.497 e. The maximum Gasteiger partial charge on any atom is 0.251 e. The Balaban J connectivity index is 1.76. The normalized spacial score (nSPS) is 29.2. The van der Waals surface area contributed by atoms with Crippen LogP contribution in [-0.2, 0) is 14.4 Å². The van der Waals surface area contributed by atoms with Gasteiger partial charge in [-0.3, -0.25) is 14.4 Å². The van der Waals surface area contributed by atoms with Crippen molar-refractivity contribution in [1.29, 1.82) is 0 Å². The van der Waals surface area contributed by atoms with Gasteiger partial charge < -0.3 is 24.5 Å². The number of carbonyl (C=O) groups is 3. The summed E-state index contributed by atoms with van der Waals surface area (Å²) in [6.07, 6.45) is 5.06. The van der Waals surface area contributed by atoms with Gasteiger partial charge >= 0.3 is 0 Å². The number of anilines is 1. The first-order valence-electron chi connectivity index (χ1n) is 12.9. The van der Waals surface area contributed by atoms with E-state index >= 15 is 0 Å². The topological polar surface area (TPSA) is 90.4 Å². The van der Waals surface area contributed by atoms with Crippen molar-refractivity contribution in [2.24, 2.45) is 11.8 Å². The third-order valence-corrected chi connectivity index (χ3v) is 11.1. The van der Waals surface area contributed by atoms with Crippen molar-refractivity contribution < 1.29 is 24.2 Å². The number of hydrogen-bond donors (Lipinski definition) is 1. The zero-order valence-electron chi connectivity index (χ0n) is 21.9. The molecular formula is C28H36BrN3O5S. The zero-order chi connectivity index (χ0) is 27.6. The fourth-order valence-electron chi connectivity index (χ4n) is 6.23. The van der Waals surface area contributed by atoms with Gasteiger partial charge in [0.2, 0.25) is 11.8 Å². The highest BCUT2D eigenvalue weighted by atomic mass is 79.9. The van der Waals surface area contributed by atoms with E-state index in [9.17, 15) is 19.5 Å². The van der Waals surface area contributed by atoms with Crippen LogP contribution in [0.15, 0.2) is 49.6 Å². The third-order valence-electron chi connectivity index (χ3n) is 7.86. The molecular weight excluding hydrogens is 570 g/mol. The standard InChI is InChI=1S/C28H36BrN3O5S/c1-5-13-30(3)25(34)21-22-26(35)32(15-7-8-16-33)24(28(22)17-20(29)23(21)38-28)27(36)31(14-6-2)18-9-11-19(37-4)12-10-18/h5-6,9-12,20-24,33H,1-2,7-8,13-17H2,3-4H3/t20?,21-,22-,23-,24?,28?/m0/s1. The molecule has 3 heterocycles. The van der Waals surface area contributed by atoms with Gasteiger partial charge in [-0.25, -0.2) is 0 Å². The Labute approximate surface area is 237 Å². The summed E-state index contributed by atoms with van der Waals surface area (Å²) in [5, 5.41) is 9.28. The highest BCUT2D eigenvalue weighted by Crippen LogP contribution is 2.68. The van der Waals surface area contributed by atoms with Crippen LogP contribution in [0.4, 0.5) is 5.69 Å². The number of methoxy groups -OCH3 is 1. The van der Waals surface area contributed by atoms with Crippen LogP contribution in [0.2, 0.25) is 0 Å². The first-order valence-corrected chi connectivity index (χ1v) is 14.7. The van der Waals surface area contributed by atoms with Gasteiger partial charge in [0.25, 0.3) is 5.91 Å². The van der Waals surface area contributed by atoms with Gasteiger partial charge in [-0.05, 0) is 43.5 Å². The van der Waals surface area contributed by atoms with Gasteiger partial charge in [0.1, 0.15) is 11.8 Å². The largest absolute Gasteiger partial charge is 0.497 e. The number of carbonyl (C=O) groups excluding carboxylic acids is 3. The summed E-state index contributed by atoms with van der Waals surface area (Å²) in [5.41, 5.74) is 0.685. The number of nitrogens with zero attached hydrogens (tertiary/aromatic N) is 3. The lowest BCUT2D eigenvalue weighted by atomic mass is 9.70. The molecule has 3 saturated heterocycles. The van der Waals surface area contributed by atoms with E-state index in [1.165, 1.54) is 0 Å². The van der Waals surface area contributed by atoms with E-state index in [-0.39, 0.29) is 41.0 Å². The Bertz CT molecular complexity index is 1080. The number of aliphatic hydroxyl groups is 1. The van der Waals surface area contributed by atoms with E-state index < -0.39 is 22.6 Å². The highest BCUT2D eigenvalue weighted by molar-refractivity contribution is 9.09. The molecule has 0 aromatic heterocycles. The number of amides is 3. The van der Waals surface area contributed by atoms with Crippen molar-refractivity contribution >= 4 is 51.1 Å². The molecule has 1 aromatic carbocycles. The number of halogens is 1. The highest BCUT2D eigenvalue weighted by Gasteiger charge is 2.75. The smallest absolute Gasteiger partial charge is 0.251 e. The van der Waals surface area contributed by atoms with Crippen LogP contribution in [-0.4, -0.2) is 93.9 Å². The molecule has 2 bridgehead atoms. The summed E-state index contributed by atoms with van der Waals surface area (Å²) < 4.78 is 4.56. The van der Waals surface area contributed by atoms with Crippen LogP contribution < -0.4 is 9.64 Å². The van der Waals surface area contributed by atoms with Gasteiger partial charge in [-0.15, -0.1) is 24.9 Å². The summed E-state index contributed by atoms with van der Waals surface area (Å²) in [5.74, 6) is -0.853. The van der Waals surface area contributed by atoms with Gasteiger partial charge in [0, 0.05) is 49.1 Å². The van der Waals surface area contributed by atoms with Crippen LogP contribution in [0, 0.1) is 11.8 Å². The predicted octanol–water partition coefficient (Wildman–Crippen LogP) is 3.10. The molecule has 3 amide bonds. The number of fused-ring (bicyclic) bond motifs is 1. The second kappa shape index (κ2) is 11.8. The van der Waals surface area contributed by atoms with E-state index in [1.807, 2.05) is 12.1 Å². The number of alkyl halides is 1. The molecule has 6 atom stereocenters. The molecule has 0 aliphatic carbocycles. The lowest BCUT2D eigenvalue weighted by molar-refractivity contribution is -0.143. The van der Waals surface area contributed by atoms with Crippen LogP contribution in [0.5, 0.6) is 5.75 Å². The molecule has 10 heteroatoms. The number of likely N-dealkylation sites (N-methyl/N-ethyl adjacent to an activating group) is 1. The maximum atomic E-state index is 14.5. The third kappa shape index (κ3) is 4.79. The Kier molecular flexibility index (Phi) is 8.94. The molecule has 206 valence electrons. The Morgan fingerprint density at radius 1 is 1.21 bits per heavy atom. The number of aliphatic hydroxyl groups excluding tert-OH is 1. The van der Waals surface area contributed by atoms with E-state index in [0.717, 1.165) is 0 Å². The van der Waals surface area contributed by atoms with Gasteiger partial charge in [-0.2, -0.15) is 0 Å². The van der Waals surface area contributed by atoms with Gasteiger partial charge in [0.05, 0.1) is 23.7 Å². The van der Waals surface area contributed by atoms with Crippen molar-refractivity contribution in [2.45, 2.75) is 40.1 Å². The minimum absolute atomic E-state index is 0.00386. The molecule has 1 aromatic rings. The van der Waals surface area contributed by atoms with Crippen molar-refractivity contribution in [3.63, 3.8) is 0 Å². The van der Waals surface area contributed by atoms with Crippen LogP contribution in [0.3, 0.4) is 0 Å². The van der Waals surface area contributed by atoms with Gasteiger partial charge in [-0.1, -0.05) is 28.1 Å². The molecule has 8 nitrogen and oxygen atoms in total. The number of likely N-dealkylation sites (tertiary alicyclic amines) is 1. The number of hydrogen-bond acceptors (Lipinski definition) is 6. The van der Waals surface area contributed by atoms with Crippen molar-refractivity contribution in [3.8, 4) is 5.75 Å². The molecule has 3 unspecified atom stereocenters. The van der Waals surface area contributed by atoms with Crippen LogP contribution in [0.1, 0.15) is 19.3 Å². The monoisotopic (exact) mass is 605 g/mol. The summed E-state index contributed by atoms with van der Waals surface area (Å²) >= 11 is 5.43. The van der Waals surface area contributed by atoms with Crippen LogP contribution >= 0.6 is 27.7 Å². The first kappa shape index (κ1) is 28.7. The van der Waals surface area contributed by atoms with E-state index in [1.54, 1.807) is 64.9 Å². The lowest BCUT2D eigenvalue weighted by Crippen LogP contribution is -2.56. The Hall–Kier alpha value is -2.30. The summed E-state index contributed by atoms with van der Waals surface area (Å²) in [6, 6.07) is 6.51. The maximum absolute atomic E-state index is 14.5. The van der Waals surface area contributed by atoms with Crippen LogP contribution in [0.25, 0.3) is 0 Å². The molecule has 3 fully saturated rings. The Morgan fingerprint density at radius 2 is 1.89 bits per heavy atom. The lowest BCUT2D eigenvalue weighted by Gasteiger charge is -2.38. The number of thioether (sulfide) groups is 1. The van der Waals surface area contributed by atoms with E-state index in [0.29, 0.717) is 43.8 Å². The predicted molar refractivity (Wildman–Crippen MR) is 154 cm³/mol. The Morgan fingerprint density at radius 3 is 2.50 bits per heavy atom. The van der Waals surface area contributed by atoms with E-state index in [4.69, 9.17) is 4.74 Å². The van der Waals surface area contributed by atoms with E-state index in [2.05, 4.69) is 29.1 Å². The molecule has 3 aliphatic heterocycles. The fraction of sp³-hybridized carbons (Fsp3) is 0.536. The first-order chi connectivity index (χ1) is 18.2. The SMILES string of the molecule is C=CCN(C)C(=O)[C@H]1[C@H]2C(=O)N(CCCCO)C(C(=O)N(CC=C)c3ccc(OC)cc3)C23CC(Br)[C@@H]1S3. The van der Waals surface area contributed by atoms with Crippen molar-refractivity contribution in [1.82, 2.24) is 9.80 Å². The molecule has 1 N–H and O–H groups in total. The van der Waals surface area contributed by atoms with Gasteiger partial charge in [0.15, 0.2) is 0 Å². The minimum atomic E-state index is -0.738. The average molecular weight is 607 g/mol. The molecule has 38 heavy (non-hydrogen) atoms. The molecule has 1 spiro atoms.